The molecule has 1 aliphatic carbocycles. The van der Waals surface area contributed by atoms with E-state index in [-0.39, 0.29) is 30.0 Å². The Kier molecular flexibility index (Phi) is 6.83. The number of rotatable bonds is 2. The predicted octanol–water partition coefficient (Wildman–Crippen LogP) is 5.07. The van der Waals surface area contributed by atoms with Gasteiger partial charge in [-0.2, -0.15) is 4.39 Å². The Bertz CT molecular complexity index is 2080. The van der Waals surface area contributed by atoms with E-state index in [0.717, 1.165) is 11.1 Å². The van der Waals surface area contributed by atoms with Crippen molar-refractivity contribution in [2.24, 2.45) is 14.1 Å². The first kappa shape index (κ1) is 29.8. The van der Waals surface area contributed by atoms with Gasteiger partial charge in [0, 0.05) is 38.3 Å². The Labute approximate surface area is 263 Å². The number of nitrogens with zero attached hydrogens (tertiary/aromatic N) is 5. The van der Waals surface area contributed by atoms with Crippen molar-refractivity contribution in [1.29, 1.82) is 0 Å². The molecule has 5 aromatic rings. The zero-order valence-electron chi connectivity index (χ0n) is 26.6. The lowest BCUT2D eigenvalue weighted by Crippen LogP contribution is -2.44. The number of amides is 1. The first-order chi connectivity index (χ1) is 21.8. The molecule has 240 valence electrons. The van der Waals surface area contributed by atoms with Crippen LogP contribution in [0.3, 0.4) is 0 Å². The van der Waals surface area contributed by atoms with Gasteiger partial charge in [0.25, 0.3) is 0 Å². The minimum absolute atomic E-state index is 0.125. The van der Waals surface area contributed by atoms with Gasteiger partial charge in [0.15, 0.2) is 0 Å². The van der Waals surface area contributed by atoms with Gasteiger partial charge >= 0.3 is 17.8 Å². The summed E-state index contributed by atoms with van der Waals surface area (Å²) >= 11 is 0. The lowest BCUT2D eigenvalue weighted by atomic mass is 9.93. The monoisotopic (exact) mass is 629 g/mol. The van der Waals surface area contributed by atoms with Crippen molar-refractivity contribution in [2.75, 3.05) is 0 Å². The molecule has 1 fully saturated rings. The summed E-state index contributed by atoms with van der Waals surface area (Å²) in [6.45, 7) is 7.27. The number of pyridine rings is 1. The molecule has 0 spiro atoms. The molecular weight excluding hydrogens is 593 g/mol. The molecule has 46 heavy (non-hydrogen) atoms. The van der Waals surface area contributed by atoms with Crippen LogP contribution >= 0.6 is 0 Å². The highest BCUT2D eigenvalue weighted by Gasteiger charge is 2.41. The number of ether oxygens (including phenoxy) is 2. The highest BCUT2D eigenvalue weighted by Crippen LogP contribution is 2.44. The summed E-state index contributed by atoms with van der Waals surface area (Å²) in [5.74, 6) is -1.20. The number of alkyl carbamates (subject to hydrolysis) is 1. The van der Waals surface area contributed by atoms with Crippen molar-refractivity contribution in [3.63, 3.8) is 0 Å². The van der Waals surface area contributed by atoms with E-state index in [9.17, 15) is 14.4 Å². The first-order valence-electron chi connectivity index (χ1n) is 15.4. The van der Waals surface area contributed by atoms with Crippen LogP contribution in [0.5, 0.6) is 0 Å². The third-order valence-electron chi connectivity index (χ3n) is 8.99. The number of nitrogens with one attached hydrogen (secondary N) is 2. The van der Waals surface area contributed by atoms with Crippen molar-refractivity contribution in [3.05, 3.63) is 58.7 Å². The molecule has 1 aromatic carbocycles. The number of halogens is 1. The van der Waals surface area contributed by atoms with Crippen molar-refractivity contribution in [1.82, 2.24) is 34.2 Å². The summed E-state index contributed by atoms with van der Waals surface area (Å²) in [6, 6.07) is 6.71. The van der Waals surface area contributed by atoms with Crippen molar-refractivity contribution in [3.8, 4) is 22.4 Å². The van der Waals surface area contributed by atoms with Gasteiger partial charge in [-0.25, -0.2) is 14.6 Å². The second-order valence-electron chi connectivity index (χ2n) is 13.4. The number of aryl methyl sites for hydroxylation is 2. The molecule has 3 aliphatic rings. The molecule has 4 atom stereocenters. The topological polar surface area (TPSA) is 138 Å². The number of hydrogen-bond donors (Lipinski definition) is 2. The Morgan fingerprint density at radius 1 is 1.15 bits per heavy atom. The Morgan fingerprint density at radius 2 is 1.89 bits per heavy atom. The normalized spacial score (nSPS) is 21.5. The van der Waals surface area contributed by atoms with E-state index in [1.807, 2.05) is 31.2 Å². The summed E-state index contributed by atoms with van der Waals surface area (Å²) in [7, 11) is 3.33. The zero-order valence-corrected chi connectivity index (χ0v) is 26.6. The van der Waals surface area contributed by atoms with Crippen LogP contribution in [0, 0.1) is 5.95 Å². The van der Waals surface area contributed by atoms with Crippen molar-refractivity contribution >= 4 is 34.1 Å². The highest BCUT2D eigenvalue weighted by atomic mass is 19.1. The number of aromatic amines is 1. The third-order valence-corrected chi connectivity index (χ3v) is 8.99. The fourth-order valence-corrected chi connectivity index (χ4v) is 6.93. The molecular formula is C33H36FN7O5. The predicted molar refractivity (Wildman–Crippen MR) is 169 cm³/mol. The second kappa shape index (κ2) is 10.6. The smallest absolute Gasteiger partial charge is 0.408 e. The van der Waals surface area contributed by atoms with E-state index in [1.165, 1.54) is 9.25 Å². The quantitative estimate of drug-likeness (QED) is 0.260. The van der Waals surface area contributed by atoms with Gasteiger partial charge in [0.2, 0.25) is 5.95 Å². The summed E-state index contributed by atoms with van der Waals surface area (Å²) < 4.78 is 31.5. The van der Waals surface area contributed by atoms with E-state index in [1.54, 1.807) is 51.8 Å². The van der Waals surface area contributed by atoms with E-state index in [0.29, 0.717) is 39.7 Å². The number of carbonyl (C=O) groups is 2. The number of esters is 1. The van der Waals surface area contributed by atoms with E-state index in [2.05, 4.69) is 20.4 Å². The lowest BCUT2D eigenvalue weighted by Gasteiger charge is -2.25. The van der Waals surface area contributed by atoms with E-state index in [4.69, 9.17) is 9.47 Å². The number of imidazole rings is 1. The second-order valence-corrected chi connectivity index (χ2v) is 13.4. The molecule has 1 amide bonds. The SMILES string of the molecule is C[C@@H]1CC(=O)O[C@@H]2C[C@H](C[C@@H]2NC(=O)OC(C)(C)C)n2c(=O)n(C)c3cnc4[nH]c(-c5cn(C)nc5F)c(c4c32)-c2ccc1cc2. The maximum Gasteiger partial charge on any atom is 0.408 e. The minimum atomic E-state index is -0.728. The number of hydrogen-bond acceptors (Lipinski definition) is 7. The maximum absolute atomic E-state index is 15.3. The van der Waals surface area contributed by atoms with Crippen LogP contribution in [0.4, 0.5) is 9.18 Å². The van der Waals surface area contributed by atoms with Crippen LogP contribution in [0.1, 0.15) is 64.5 Å². The average Bonchev–Trinajstić information content (AvgIpc) is 3.70. The summed E-state index contributed by atoms with van der Waals surface area (Å²) in [6.07, 6.45) is 2.63. The number of fused-ring (bicyclic) bond motifs is 5. The highest BCUT2D eigenvalue weighted by molar-refractivity contribution is 6.14. The van der Waals surface area contributed by atoms with Crippen LogP contribution in [0.2, 0.25) is 0 Å². The largest absolute Gasteiger partial charge is 0.460 e. The fourth-order valence-electron chi connectivity index (χ4n) is 6.93. The Hall–Kier alpha value is -4.94. The third kappa shape index (κ3) is 4.94. The number of H-pyrrole nitrogens is 1. The fraction of sp³-hybridized carbons (Fsp3) is 0.424. The molecule has 2 aliphatic heterocycles. The molecule has 0 unspecified atom stereocenters. The molecule has 1 saturated carbocycles. The van der Waals surface area contributed by atoms with Gasteiger partial charge in [0.05, 0.1) is 46.3 Å². The van der Waals surface area contributed by atoms with Crippen molar-refractivity contribution < 1.29 is 23.5 Å². The van der Waals surface area contributed by atoms with Gasteiger partial charge in [-0.3, -0.25) is 18.6 Å². The Morgan fingerprint density at radius 3 is 2.57 bits per heavy atom. The minimum Gasteiger partial charge on any atom is -0.460 e. The standard InChI is InChI=1S/C33H36FN7O5/c1-16-11-24(42)45-23-13-19(12-21(23)36-31(43)46-33(2,3)4)41-28-22(40(6)32(41)44)14-35-30-26(28)25(18-9-7-17(16)8-10-18)27(37-30)20-15-39(5)38-29(20)34/h7-10,14-16,19,21,23H,11-13H2,1-6H3,(H,35,37)(H,36,43)/t16-,19+,21+,23-/m1/s1. The molecule has 2 N–H and O–H groups in total. The van der Waals surface area contributed by atoms with Gasteiger partial charge in [-0.05, 0) is 44.2 Å². The molecule has 4 bridgehead atoms. The summed E-state index contributed by atoms with van der Waals surface area (Å²) in [5.41, 5.74) is 3.81. The molecule has 6 heterocycles. The van der Waals surface area contributed by atoms with Gasteiger partial charge in [-0.1, -0.05) is 31.2 Å². The van der Waals surface area contributed by atoms with E-state index < -0.39 is 41.8 Å². The van der Waals surface area contributed by atoms with Crippen LogP contribution in [0.15, 0.2) is 41.5 Å². The zero-order chi connectivity index (χ0) is 32.7. The van der Waals surface area contributed by atoms with Crippen LogP contribution in [-0.4, -0.2) is 58.7 Å². The lowest BCUT2D eigenvalue weighted by molar-refractivity contribution is -0.150. The molecule has 4 aromatic heterocycles. The Balaban J connectivity index is 1.49. The van der Waals surface area contributed by atoms with Gasteiger partial charge in [0.1, 0.15) is 17.4 Å². The van der Waals surface area contributed by atoms with Crippen molar-refractivity contribution in [2.45, 2.75) is 76.7 Å². The molecule has 0 radical (unpaired) electrons. The summed E-state index contributed by atoms with van der Waals surface area (Å²) in [5, 5.41) is 7.49. The number of carbonyl (C=O) groups excluding carboxylic acids is 2. The average molecular weight is 630 g/mol. The maximum atomic E-state index is 15.3. The molecule has 13 heteroatoms. The van der Waals surface area contributed by atoms with Gasteiger partial charge in [-0.15, -0.1) is 5.10 Å². The molecule has 0 saturated heterocycles. The number of benzene rings is 1. The summed E-state index contributed by atoms with van der Waals surface area (Å²) in [4.78, 5) is 48.2. The first-order valence-corrected chi connectivity index (χ1v) is 15.4. The van der Waals surface area contributed by atoms with Crippen LogP contribution in [0.25, 0.3) is 44.5 Å². The number of aromatic nitrogens is 6. The van der Waals surface area contributed by atoms with E-state index >= 15 is 4.39 Å². The molecule has 12 nitrogen and oxygen atoms in total. The van der Waals surface area contributed by atoms with Crippen LogP contribution < -0.4 is 11.0 Å². The van der Waals surface area contributed by atoms with Crippen LogP contribution in [-0.2, 0) is 28.4 Å². The molecule has 8 rings (SSSR count). The van der Waals surface area contributed by atoms with Gasteiger partial charge < -0.3 is 19.8 Å².